The van der Waals surface area contributed by atoms with Crippen molar-refractivity contribution in [2.45, 2.75) is 39.3 Å². The highest BCUT2D eigenvalue weighted by molar-refractivity contribution is 5.95. The van der Waals surface area contributed by atoms with Crippen molar-refractivity contribution in [1.29, 1.82) is 0 Å². The van der Waals surface area contributed by atoms with E-state index in [-0.39, 0.29) is 30.1 Å². The van der Waals surface area contributed by atoms with Crippen LogP contribution in [0.4, 0.5) is 4.39 Å². The van der Waals surface area contributed by atoms with Gasteiger partial charge < -0.3 is 34.3 Å². The third-order valence-corrected chi connectivity index (χ3v) is 6.95. The average Bonchev–Trinajstić information content (AvgIpc) is 2.99. The summed E-state index contributed by atoms with van der Waals surface area (Å²) in [7, 11) is 1.47. The zero-order valence-electron chi connectivity index (χ0n) is 24.2. The molecular weight excluding hydrogens is 543 g/mol. The molecule has 224 valence electrons. The average molecular weight is 581 g/mol. The van der Waals surface area contributed by atoms with Crippen LogP contribution in [-0.4, -0.2) is 67.9 Å². The highest BCUT2D eigenvalue weighted by Crippen LogP contribution is 2.41. The summed E-state index contributed by atoms with van der Waals surface area (Å²) in [5, 5.41) is 12.4. The number of halogens is 1. The van der Waals surface area contributed by atoms with E-state index in [2.05, 4.69) is 5.32 Å². The van der Waals surface area contributed by atoms with Gasteiger partial charge in [0.2, 0.25) is 0 Å². The molecule has 42 heavy (non-hydrogen) atoms. The molecule has 0 unspecified atom stereocenters. The lowest BCUT2D eigenvalue weighted by Gasteiger charge is -2.35. The molecule has 0 aliphatic carbocycles. The van der Waals surface area contributed by atoms with E-state index >= 15 is 0 Å². The van der Waals surface area contributed by atoms with Crippen LogP contribution in [-0.2, 0) is 11.3 Å². The van der Waals surface area contributed by atoms with Crippen LogP contribution in [0.5, 0.6) is 23.0 Å². The van der Waals surface area contributed by atoms with Crippen LogP contribution < -0.4 is 24.3 Å². The van der Waals surface area contributed by atoms with Gasteiger partial charge in [0.1, 0.15) is 28.8 Å². The van der Waals surface area contributed by atoms with Crippen LogP contribution >= 0.6 is 0 Å². The number of piperidine rings is 1. The molecule has 0 spiro atoms. The molecule has 1 heterocycles. The van der Waals surface area contributed by atoms with Gasteiger partial charge >= 0.3 is 5.97 Å². The highest BCUT2D eigenvalue weighted by Gasteiger charge is 2.28. The van der Waals surface area contributed by atoms with Crippen LogP contribution in [0.2, 0.25) is 0 Å². The molecule has 1 aliphatic heterocycles. The summed E-state index contributed by atoms with van der Waals surface area (Å²) in [5.74, 6) is 0.0676. The van der Waals surface area contributed by atoms with Gasteiger partial charge in [-0.2, -0.15) is 0 Å². The van der Waals surface area contributed by atoms with Gasteiger partial charge in [0.15, 0.2) is 6.61 Å². The molecule has 3 aromatic rings. The molecule has 9 nitrogen and oxygen atoms in total. The maximum Gasteiger partial charge on any atom is 0.341 e. The smallest absolute Gasteiger partial charge is 0.341 e. The number of benzene rings is 3. The van der Waals surface area contributed by atoms with Crippen molar-refractivity contribution < 1.29 is 38.0 Å². The molecule has 1 saturated heterocycles. The molecule has 0 saturated carbocycles. The third-order valence-electron chi connectivity index (χ3n) is 6.95. The first-order valence-electron chi connectivity index (χ1n) is 14.1. The van der Waals surface area contributed by atoms with Crippen LogP contribution in [0, 0.1) is 5.82 Å². The quantitative estimate of drug-likeness (QED) is 0.286. The minimum atomic E-state index is -1.12. The molecule has 10 heteroatoms. The van der Waals surface area contributed by atoms with Crippen LogP contribution in [0.25, 0.3) is 11.1 Å². The van der Waals surface area contributed by atoms with Crippen LogP contribution in [0.15, 0.2) is 54.6 Å². The first-order chi connectivity index (χ1) is 20.3. The summed E-state index contributed by atoms with van der Waals surface area (Å²) in [5.41, 5.74) is 2.61. The van der Waals surface area contributed by atoms with Crippen molar-refractivity contribution in [1.82, 2.24) is 10.2 Å². The fourth-order valence-electron chi connectivity index (χ4n) is 5.06. The molecule has 4 rings (SSSR count). The van der Waals surface area contributed by atoms with Crippen molar-refractivity contribution in [3.8, 4) is 34.1 Å². The Bertz CT molecular complexity index is 1350. The van der Waals surface area contributed by atoms with Crippen LogP contribution in [0.3, 0.4) is 0 Å². The lowest BCUT2D eigenvalue weighted by atomic mass is 9.98. The Morgan fingerprint density at radius 2 is 1.55 bits per heavy atom. The van der Waals surface area contributed by atoms with Gasteiger partial charge in [0.05, 0.1) is 25.9 Å². The first kappa shape index (κ1) is 30.6. The monoisotopic (exact) mass is 580 g/mol. The number of aliphatic carboxylic acids is 1. The van der Waals surface area contributed by atoms with Gasteiger partial charge in [-0.15, -0.1) is 0 Å². The zero-order chi connectivity index (χ0) is 30.1. The van der Waals surface area contributed by atoms with Crippen molar-refractivity contribution in [2.75, 3.05) is 40.0 Å². The van der Waals surface area contributed by atoms with E-state index in [1.54, 1.807) is 24.3 Å². The maximum absolute atomic E-state index is 14.1. The largest absolute Gasteiger partial charge is 0.497 e. The Labute approximate surface area is 245 Å². The first-order valence-corrected chi connectivity index (χ1v) is 14.1. The second-order valence-electron chi connectivity index (χ2n) is 9.83. The number of amides is 1. The van der Waals surface area contributed by atoms with Crippen molar-refractivity contribution in [3.63, 3.8) is 0 Å². The summed E-state index contributed by atoms with van der Waals surface area (Å²) in [6.45, 7) is 5.87. The van der Waals surface area contributed by atoms with Crippen LogP contribution in [0.1, 0.15) is 42.6 Å². The molecular formula is C32H37FN2O7. The fraction of sp³-hybridized carbons (Fsp3) is 0.375. The van der Waals surface area contributed by atoms with Gasteiger partial charge in [0.25, 0.3) is 5.91 Å². The summed E-state index contributed by atoms with van der Waals surface area (Å²) >= 11 is 0. The van der Waals surface area contributed by atoms with Gasteiger partial charge in [-0.25, -0.2) is 9.18 Å². The molecule has 2 N–H and O–H groups in total. The highest BCUT2D eigenvalue weighted by atomic mass is 19.1. The lowest BCUT2D eigenvalue weighted by molar-refractivity contribution is -0.139. The number of carboxylic acids is 1. The summed E-state index contributed by atoms with van der Waals surface area (Å²) in [4.78, 5) is 27.0. The van der Waals surface area contributed by atoms with E-state index in [4.69, 9.17) is 24.1 Å². The van der Waals surface area contributed by atoms with Gasteiger partial charge in [-0.3, -0.25) is 4.79 Å². The number of nitrogens with one attached hydrogen (secondary N) is 1. The minimum Gasteiger partial charge on any atom is -0.497 e. The third kappa shape index (κ3) is 7.70. The van der Waals surface area contributed by atoms with E-state index in [1.165, 1.54) is 25.3 Å². The Balaban J connectivity index is 1.75. The Kier molecular flexibility index (Phi) is 10.6. The standard InChI is InChI=1S/C32H37FN2O7/c1-4-40-28-14-21(15-29(41-5-2)31(28)22-6-8-24(33)9-7-22)19-35(25-10-12-34-13-11-25)32(38)23-16-26(39-3)18-27(17-23)42-20-30(36)37/h6-9,14-18,25,34H,4-5,10-13,19-20H2,1-3H3,(H,36,37). The summed E-state index contributed by atoms with van der Waals surface area (Å²) in [6, 6.07) is 14.6. The molecule has 1 amide bonds. The Hall–Kier alpha value is -4.31. The lowest BCUT2D eigenvalue weighted by Crippen LogP contribution is -2.45. The van der Waals surface area contributed by atoms with E-state index in [1.807, 2.05) is 30.9 Å². The normalized spacial score (nSPS) is 13.3. The second kappa shape index (κ2) is 14.5. The van der Waals surface area contributed by atoms with Gasteiger partial charge in [-0.05, 0) is 87.3 Å². The number of nitrogens with zero attached hydrogens (tertiary/aromatic N) is 1. The van der Waals surface area contributed by atoms with E-state index < -0.39 is 12.6 Å². The summed E-state index contributed by atoms with van der Waals surface area (Å²) in [6.07, 6.45) is 1.53. The topological polar surface area (TPSA) is 107 Å². The van der Waals surface area contributed by atoms with Crippen molar-refractivity contribution in [2.24, 2.45) is 0 Å². The molecule has 0 bridgehead atoms. The number of carbonyl (C=O) groups excluding carboxylic acids is 1. The number of ether oxygens (including phenoxy) is 4. The fourth-order valence-corrected chi connectivity index (χ4v) is 5.06. The van der Waals surface area contributed by atoms with Gasteiger partial charge in [-0.1, -0.05) is 12.1 Å². The predicted molar refractivity (Wildman–Crippen MR) is 156 cm³/mol. The Morgan fingerprint density at radius 1 is 0.929 bits per heavy atom. The molecule has 0 radical (unpaired) electrons. The number of hydrogen-bond donors (Lipinski definition) is 2. The van der Waals surface area contributed by atoms with E-state index in [9.17, 15) is 14.0 Å². The second-order valence-corrected chi connectivity index (χ2v) is 9.83. The van der Waals surface area contributed by atoms with E-state index in [0.717, 1.165) is 42.6 Å². The number of carboxylic acid groups (broad SMARTS) is 1. The van der Waals surface area contributed by atoms with Gasteiger partial charge in [0, 0.05) is 24.2 Å². The van der Waals surface area contributed by atoms with E-state index in [0.29, 0.717) is 36.0 Å². The molecule has 0 aromatic heterocycles. The number of methoxy groups -OCH3 is 1. The predicted octanol–water partition coefficient (Wildman–Crippen LogP) is 5.16. The number of hydrogen-bond acceptors (Lipinski definition) is 7. The molecule has 1 aliphatic rings. The Morgan fingerprint density at radius 3 is 2.12 bits per heavy atom. The number of rotatable bonds is 13. The summed E-state index contributed by atoms with van der Waals surface area (Å²) < 4.78 is 36.5. The SMILES string of the molecule is CCOc1cc(CN(C(=O)c2cc(OC)cc(OCC(=O)O)c2)C2CCNCC2)cc(OCC)c1-c1ccc(F)cc1. The van der Waals surface area contributed by atoms with Crippen molar-refractivity contribution in [3.05, 3.63) is 71.5 Å². The minimum absolute atomic E-state index is 0.0452. The molecule has 3 aromatic carbocycles. The maximum atomic E-state index is 14.1. The molecule has 0 atom stereocenters. The number of carbonyl (C=O) groups is 2. The molecule has 1 fully saturated rings. The zero-order valence-corrected chi connectivity index (χ0v) is 24.2. The van der Waals surface area contributed by atoms with Crippen molar-refractivity contribution >= 4 is 11.9 Å².